The maximum Gasteiger partial charge on any atom is 0.344 e. The first-order valence-corrected chi connectivity index (χ1v) is 5.09. The summed E-state index contributed by atoms with van der Waals surface area (Å²) in [6.07, 6.45) is 1.36. The number of hydrogen-bond donors (Lipinski definition) is 1. The summed E-state index contributed by atoms with van der Waals surface area (Å²) in [5.41, 5.74) is 0.658. The molecule has 80 valence electrons. The molecule has 0 heterocycles. The molecule has 0 atom stereocenters. The van der Waals surface area contributed by atoms with Crippen molar-refractivity contribution in [1.29, 1.82) is 0 Å². The number of hydrogen-bond acceptors (Lipinski definition) is 3. The van der Waals surface area contributed by atoms with Crippen molar-refractivity contribution in [3.05, 3.63) is 33.3 Å². The van der Waals surface area contributed by atoms with Crippen LogP contribution in [0.2, 0.25) is 5.02 Å². The second-order valence-electron chi connectivity index (χ2n) is 2.57. The van der Waals surface area contributed by atoms with Crippen molar-refractivity contribution in [2.45, 2.75) is 0 Å². The van der Waals surface area contributed by atoms with E-state index in [1.54, 1.807) is 18.2 Å². The molecular weight excluding hydrogens is 285 g/mol. The molecule has 15 heavy (non-hydrogen) atoms. The van der Waals surface area contributed by atoms with Gasteiger partial charge in [-0.1, -0.05) is 38.8 Å². The second kappa shape index (κ2) is 5.72. The number of halogens is 2. The third-order valence-corrected chi connectivity index (χ3v) is 2.24. The van der Waals surface area contributed by atoms with Crippen molar-refractivity contribution in [3.63, 3.8) is 0 Å². The highest BCUT2D eigenvalue weighted by molar-refractivity contribution is 9.10. The summed E-state index contributed by atoms with van der Waals surface area (Å²) < 4.78 is 0.858. The number of carboxylic acid groups (broad SMARTS) is 1. The topological polar surface area (TPSA) is 58.9 Å². The molecule has 1 rings (SSSR count). The van der Waals surface area contributed by atoms with Gasteiger partial charge in [-0.3, -0.25) is 0 Å². The van der Waals surface area contributed by atoms with Crippen LogP contribution in [0.4, 0.5) is 0 Å². The lowest BCUT2D eigenvalue weighted by atomic mass is 10.2. The SMILES string of the molecule is O=C(O)CO/N=C/c1ccc(Br)cc1Cl. The number of carboxylic acids is 1. The van der Waals surface area contributed by atoms with Gasteiger partial charge in [0, 0.05) is 10.0 Å². The van der Waals surface area contributed by atoms with E-state index in [2.05, 4.69) is 25.9 Å². The minimum Gasteiger partial charge on any atom is -0.479 e. The molecule has 0 aliphatic heterocycles. The molecule has 0 radical (unpaired) electrons. The predicted molar refractivity (Wildman–Crippen MR) is 60.3 cm³/mol. The van der Waals surface area contributed by atoms with E-state index < -0.39 is 12.6 Å². The van der Waals surface area contributed by atoms with E-state index in [0.29, 0.717) is 10.6 Å². The smallest absolute Gasteiger partial charge is 0.344 e. The number of carbonyl (C=O) groups is 1. The summed E-state index contributed by atoms with van der Waals surface area (Å²) in [5, 5.41) is 12.2. The molecule has 0 fully saturated rings. The number of benzene rings is 1. The van der Waals surface area contributed by atoms with Crippen molar-refractivity contribution in [2.24, 2.45) is 5.16 Å². The van der Waals surface area contributed by atoms with Crippen LogP contribution in [0.5, 0.6) is 0 Å². The Morgan fingerprint density at radius 1 is 1.67 bits per heavy atom. The van der Waals surface area contributed by atoms with Crippen LogP contribution in [0, 0.1) is 0 Å². The molecule has 6 heteroatoms. The van der Waals surface area contributed by atoms with Gasteiger partial charge >= 0.3 is 5.97 Å². The number of aliphatic carboxylic acids is 1. The Labute approximate surface area is 99.6 Å². The average molecular weight is 293 g/mol. The Hall–Kier alpha value is -1.07. The molecule has 4 nitrogen and oxygen atoms in total. The molecule has 0 saturated carbocycles. The second-order valence-corrected chi connectivity index (χ2v) is 3.89. The van der Waals surface area contributed by atoms with Crippen LogP contribution >= 0.6 is 27.5 Å². The largest absolute Gasteiger partial charge is 0.479 e. The van der Waals surface area contributed by atoms with Gasteiger partial charge in [-0.05, 0) is 12.1 Å². The van der Waals surface area contributed by atoms with E-state index in [-0.39, 0.29) is 0 Å². The maximum atomic E-state index is 10.1. The minimum absolute atomic E-state index is 0.468. The Morgan fingerprint density at radius 2 is 2.40 bits per heavy atom. The molecule has 0 amide bonds. The van der Waals surface area contributed by atoms with Gasteiger partial charge in [0.1, 0.15) is 0 Å². The highest BCUT2D eigenvalue weighted by atomic mass is 79.9. The normalized spacial score (nSPS) is 10.5. The fourth-order valence-electron chi connectivity index (χ4n) is 0.793. The van der Waals surface area contributed by atoms with Crippen molar-refractivity contribution >= 4 is 39.7 Å². The van der Waals surface area contributed by atoms with E-state index in [9.17, 15) is 4.79 Å². The van der Waals surface area contributed by atoms with Crippen LogP contribution in [-0.4, -0.2) is 23.9 Å². The van der Waals surface area contributed by atoms with Gasteiger partial charge < -0.3 is 9.94 Å². The molecule has 0 aliphatic rings. The lowest BCUT2D eigenvalue weighted by molar-refractivity contribution is -0.142. The standard InChI is InChI=1S/C9H7BrClNO3/c10-7-2-1-6(8(11)3-7)4-12-15-5-9(13)14/h1-4H,5H2,(H,13,14)/b12-4+. The maximum absolute atomic E-state index is 10.1. The third kappa shape index (κ3) is 4.31. The van der Waals surface area contributed by atoms with Crippen LogP contribution in [0.25, 0.3) is 0 Å². The fraction of sp³-hybridized carbons (Fsp3) is 0.111. The molecule has 1 aromatic rings. The molecule has 0 unspecified atom stereocenters. The minimum atomic E-state index is -1.07. The van der Waals surface area contributed by atoms with Crippen LogP contribution in [0.3, 0.4) is 0 Å². The average Bonchev–Trinajstić information content (AvgIpc) is 2.14. The Kier molecular flexibility index (Phi) is 4.58. The summed E-state index contributed by atoms with van der Waals surface area (Å²) in [5.74, 6) is -1.07. The van der Waals surface area contributed by atoms with Crippen molar-refractivity contribution in [1.82, 2.24) is 0 Å². The van der Waals surface area contributed by atoms with Crippen molar-refractivity contribution in [2.75, 3.05) is 6.61 Å². The van der Waals surface area contributed by atoms with Crippen molar-refractivity contribution in [3.8, 4) is 0 Å². The Morgan fingerprint density at radius 3 is 3.00 bits per heavy atom. The van der Waals surface area contributed by atoms with Crippen LogP contribution in [0.15, 0.2) is 27.8 Å². The van der Waals surface area contributed by atoms with E-state index in [4.69, 9.17) is 16.7 Å². The third-order valence-electron chi connectivity index (χ3n) is 1.42. The lowest BCUT2D eigenvalue weighted by Gasteiger charge is -1.98. The molecule has 0 aliphatic carbocycles. The molecule has 0 spiro atoms. The molecule has 1 aromatic carbocycles. The summed E-state index contributed by atoms with van der Waals surface area (Å²) >= 11 is 9.14. The zero-order valence-electron chi connectivity index (χ0n) is 7.48. The first-order valence-electron chi connectivity index (χ1n) is 3.92. The fourth-order valence-corrected chi connectivity index (χ4v) is 1.51. The highest BCUT2D eigenvalue weighted by Gasteiger charge is 1.98. The number of rotatable bonds is 4. The summed E-state index contributed by atoms with van der Waals surface area (Å²) in [7, 11) is 0. The van der Waals surface area contributed by atoms with Crippen LogP contribution < -0.4 is 0 Å². The molecule has 1 N–H and O–H groups in total. The quantitative estimate of drug-likeness (QED) is 0.685. The molecular formula is C9H7BrClNO3. The highest BCUT2D eigenvalue weighted by Crippen LogP contribution is 2.19. The predicted octanol–water partition coefficient (Wildman–Crippen LogP) is 2.54. The molecule has 0 bridgehead atoms. The molecule has 0 aromatic heterocycles. The Bertz CT molecular complexity index is 395. The summed E-state index contributed by atoms with van der Waals surface area (Å²) in [4.78, 5) is 14.6. The van der Waals surface area contributed by atoms with Crippen LogP contribution in [-0.2, 0) is 9.63 Å². The monoisotopic (exact) mass is 291 g/mol. The summed E-state index contributed by atoms with van der Waals surface area (Å²) in [6.45, 7) is -0.468. The van der Waals surface area contributed by atoms with Gasteiger partial charge in [-0.2, -0.15) is 0 Å². The number of nitrogens with zero attached hydrogens (tertiary/aromatic N) is 1. The van der Waals surface area contributed by atoms with Gasteiger partial charge in [0.2, 0.25) is 6.61 Å². The first-order chi connectivity index (χ1) is 7.09. The first kappa shape index (κ1) is 12.0. The van der Waals surface area contributed by atoms with Crippen molar-refractivity contribution < 1.29 is 14.7 Å². The molecule has 0 saturated heterocycles. The lowest BCUT2D eigenvalue weighted by Crippen LogP contribution is -2.03. The van der Waals surface area contributed by atoms with E-state index in [0.717, 1.165) is 4.47 Å². The van der Waals surface area contributed by atoms with Gasteiger partial charge in [0.25, 0.3) is 0 Å². The van der Waals surface area contributed by atoms with Gasteiger partial charge in [-0.25, -0.2) is 4.79 Å². The summed E-state index contributed by atoms with van der Waals surface area (Å²) in [6, 6.07) is 5.24. The zero-order chi connectivity index (χ0) is 11.3. The van der Waals surface area contributed by atoms with Gasteiger partial charge in [0.15, 0.2) is 0 Å². The number of oxime groups is 1. The Balaban J connectivity index is 2.60. The van der Waals surface area contributed by atoms with Gasteiger partial charge in [-0.15, -0.1) is 0 Å². The van der Waals surface area contributed by atoms with E-state index in [1.165, 1.54) is 6.21 Å². The van der Waals surface area contributed by atoms with E-state index >= 15 is 0 Å². The zero-order valence-corrected chi connectivity index (χ0v) is 9.83. The van der Waals surface area contributed by atoms with Crippen LogP contribution in [0.1, 0.15) is 5.56 Å². The van der Waals surface area contributed by atoms with E-state index in [1.807, 2.05) is 0 Å². The van der Waals surface area contributed by atoms with Gasteiger partial charge in [0.05, 0.1) is 11.2 Å².